The van der Waals surface area contributed by atoms with Crippen molar-refractivity contribution >= 4 is 29.0 Å². The summed E-state index contributed by atoms with van der Waals surface area (Å²) in [5, 5.41) is 11.0. The van der Waals surface area contributed by atoms with Gasteiger partial charge < -0.3 is 14.8 Å². The average Bonchev–Trinajstić information content (AvgIpc) is 3.32. The number of amides is 3. The Bertz CT molecular complexity index is 879. The minimum atomic E-state index is -0.363. The van der Waals surface area contributed by atoms with Crippen LogP contribution in [0.2, 0.25) is 0 Å². The van der Waals surface area contributed by atoms with Crippen LogP contribution >= 0.6 is 11.3 Å². The van der Waals surface area contributed by atoms with Gasteiger partial charge in [-0.25, -0.2) is 9.80 Å². The van der Waals surface area contributed by atoms with Gasteiger partial charge in [0.1, 0.15) is 12.6 Å². The maximum absolute atomic E-state index is 13.0. The SMILES string of the molecule is CN(CC(=O)N1N=C(c2cccs2)CC1c1cccn1C)C(=O)NC(C)(C)C. The number of nitrogens with zero attached hydrogens (tertiary/aromatic N) is 4. The fourth-order valence-corrected chi connectivity index (χ4v) is 3.87. The van der Waals surface area contributed by atoms with Crippen LogP contribution in [-0.2, 0) is 11.8 Å². The van der Waals surface area contributed by atoms with Gasteiger partial charge in [-0.05, 0) is 44.4 Å². The molecule has 150 valence electrons. The number of nitrogens with one attached hydrogen (secondary N) is 1. The molecular weight excluding hydrogens is 374 g/mol. The van der Waals surface area contributed by atoms with Crippen LogP contribution in [0.1, 0.15) is 43.8 Å². The number of rotatable bonds is 4. The number of hydrazone groups is 1. The number of likely N-dealkylation sites (N-methyl/N-ethyl adjacent to an activating group) is 1. The lowest BCUT2D eigenvalue weighted by atomic mass is 10.1. The summed E-state index contributed by atoms with van der Waals surface area (Å²) in [5.74, 6) is -0.204. The molecule has 0 aliphatic carbocycles. The van der Waals surface area contributed by atoms with Crippen LogP contribution in [0.5, 0.6) is 0 Å². The van der Waals surface area contributed by atoms with E-state index in [1.807, 2.05) is 68.2 Å². The third-order valence-corrected chi connectivity index (χ3v) is 5.42. The van der Waals surface area contributed by atoms with Crippen LogP contribution in [0.4, 0.5) is 4.79 Å². The van der Waals surface area contributed by atoms with Crippen LogP contribution in [-0.4, -0.2) is 51.3 Å². The molecule has 0 bridgehead atoms. The highest BCUT2D eigenvalue weighted by molar-refractivity contribution is 7.12. The predicted molar refractivity (Wildman–Crippen MR) is 111 cm³/mol. The summed E-state index contributed by atoms with van der Waals surface area (Å²) in [6.45, 7) is 5.68. The largest absolute Gasteiger partial charge is 0.353 e. The molecule has 1 N–H and O–H groups in total. The number of thiophene rings is 1. The van der Waals surface area contributed by atoms with Gasteiger partial charge in [-0.2, -0.15) is 5.10 Å². The molecular formula is C20H27N5O2S. The first-order valence-corrected chi connectivity index (χ1v) is 10.1. The van der Waals surface area contributed by atoms with Crippen molar-refractivity contribution in [2.24, 2.45) is 12.1 Å². The van der Waals surface area contributed by atoms with Crippen molar-refractivity contribution in [3.05, 3.63) is 46.4 Å². The van der Waals surface area contributed by atoms with Crippen molar-refractivity contribution in [3.63, 3.8) is 0 Å². The maximum Gasteiger partial charge on any atom is 0.318 e. The molecule has 3 rings (SSSR count). The molecule has 0 fully saturated rings. The van der Waals surface area contributed by atoms with Crippen LogP contribution < -0.4 is 5.32 Å². The Hall–Kier alpha value is -2.61. The smallest absolute Gasteiger partial charge is 0.318 e. The molecule has 1 unspecified atom stereocenters. The second-order valence-electron chi connectivity index (χ2n) is 8.06. The van der Waals surface area contributed by atoms with Crippen molar-refractivity contribution in [1.29, 1.82) is 0 Å². The van der Waals surface area contributed by atoms with Crippen molar-refractivity contribution < 1.29 is 9.59 Å². The quantitative estimate of drug-likeness (QED) is 0.855. The van der Waals surface area contributed by atoms with Crippen LogP contribution in [0, 0.1) is 0 Å². The lowest BCUT2D eigenvalue weighted by Crippen LogP contribution is -2.49. The molecule has 7 nitrogen and oxygen atoms in total. The number of hydrogen-bond donors (Lipinski definition) is 1. The third kappa shape index (κ3) is 4.44. The minimum Gasteiger partial charge on any atom is -0.353 e. The van der Waals surface area contributed by atoms with Gasteiger partial charge in [0.15, 0.2) is 0 Å². The molecule has 28 heavy (non-hydrogen) atoms. The summed E-state index contributed by atoms with van der Waals surface area (Å²) < 4.78 is 2.01. The predicted octanol–water partition coefficient (Wildman–Crippen LogP) is 3.20. The summed E-state index contributed by atoms with van der Waals surface area (Å²) in [6, 6.07) is 7.51. The zero-order valence-electron chi connectivity index (χ0n) is 17.0. The Morgan fingerprint density at radius 1 is 1.32 bits per heavy atom. The Morgan fingerprint density at radius 3 is 2.64 bits per heavy atom. The molecule has 2 aromatic rings. The first-order valence-electron chi connectivity index (χ1n) is 9.23. The van der Waals surface area contributed by atoms with E-state index in [1.54, 1.807) is 18.4 Å². The number of hydrogen-bond acceptors (Lipinski definition) is 4. The van der Waals surface area contributed by atoms with Gasteiger partial charge in [0, 0.05) is 37.9 Å². The molecule has 1 aliphatic rings. The normalized spacial score (nSPS) is 16.8. The highest BCUT2D eigenvalue weighted by atomic mass is 32.1. The molecule has 1 atom stereocenters. The maximum atomic E-state index is 13.0. The van der Waals surface area contributed by atoms with Gasteiger partial charge in [0.25, 0.3) is 5.91 Å². The van der Waals surface area contributed by atoms with E-state index in [0.717, 1.165) is 16.3 Å². The Kier molecular flexibility index (Phi) is 5.60. The van der Waals surface area contributed by atoms with E-state index in [9.17, 15) is 9.59 Å². The fourth-order valence-electron chi connectivity index (χ4n) is 3.15. The van der Waals surface area contributed by atoms with Gasteiger partial charge in [-0.1, -0.05) is 6.07 Å². The van der Waals surface area contributed by atoms with Crippen molar-refractivity contribution in [1.82, 2.24) is 19.8 Å². The number of urea groups is 1. The number of aryl methyl sites for hydroxylation is 1. The summed E-state index contributed by atoms with van der Waals surface area (Å²) in [6.07, 6.45) is 2.62. The second kappa shape index (κ2) is 7.79. The lowest BCUT2D eigenvalue weighted by Gasteiger charge is -2.28. The first-order chi connectivity index (χ1) is 13.2. The highest BCUT2D eigenvalue weighted by Crippen LogP contribution is 2.33. The van der Waals surface area contributed by atoms with E-state index in [4.69, 9.17) is 0 Å². The van der Waals surface area contributed by atoms with Crippen molar-refractivity contribution in [2.45, 2.75) is 38.8 Å². The molecule has 0 aromatic carbocycles. The highest BCUT2D eigenvalue weighted by Gasteiger charge is 2.35. The number of aromatic nitrogens is 1. The molecule has 1 aliphatic heterocycles. The van der Waals surface area contributed by atoms with Gasteiger partial charge in [-0.3, -0.25) is 4.79 Å². The topological polar surface area (TPSA) is 69.9 Å². The Morgan fingerprint density at radius 2 is 2.07 bits per heavy atom. The third-order valence-electron chi connectivity index (χ3n) is 4.50. The minimum absolute atomic E-state index is 0.0376. The molecule has 0 radical (unpaired) electrons. The number of carbonyl (C=O) groups is 2. The zero-order valence-corrected chi connectivity index (χ0v) is 17.8. The summed E-state index contributed by atoms with van der Waals surface area (Å²) >= 11 is 1.61. The van der Waals surface area contributed by atoms with Crippen molar-refractivity contribution in [2.75, 3.05) is 13.6 Å². The Balaban J connectivity index is 1.80. The summed E-state index contributed by atoms with van der Waals surface area (Å²) in [4.78, 5) is 27.8. The zero-order chi connectivity index (χ0) is 20.5. The monoisotopic (exact) mass is 401 g/mol. The standard InChI is InChI=1S/C20H27N5O2S/c1-20(2,3)21-19(27)24(5)13-18(26)25-16(15-8-6-10-23(15)4)12-14(22-25)17-9-7-11-28-17/h6-11,16H,12-13H2,1-5H3,(H,21,27). The van der Waals surface area contributed by atoms with E-state index in [-0.39, 0.29) is 30.1 Å². The van der Waals surface area contributed by atoms with E-state index in [0.29, 0.717) is 6.42 Å². The van der Waals surface area contributed by atoms with Crippen molar-refractivity contribution in [3.8, 4) is 0 Å². The van der Waals surface area contributed by atoms with E-state index < -0.39 is 0 Å². The fraction of sp³-hybridized carbons (Fsp3) is 0.450. The molecule has 2 aromatic heterocycles. The van der Waals surface area contributed by atoms with E-state index >= 15 is 0 Å². The van der Waals surface area contributed by atoms with E-state index in [2.05, 4.69) is 10.4 Å². The molecule has 0 saturated heterocycles. The van der Waals surface area contributed by atoms with Gasteiger partial charge >= 0.3 is 6.03 Å². The number of carbonyl (C=O) groups excluding carboxylic acids is 2. The molecule has 0 spiro atoms. The van der Waals surface area contributed by atoms with Gasteiger partial charge in [-0.15, -0.1) is 11.3 Å². The molecule has 8 heteroatoms. The average molecular weight is 402 g/mol. The van der Waals surface area contributed by atoms with Gasteiger partial charge in [0.2, 0.25) is 0 Å². The molecule has 3 amide bonds. The van der Waals surface area contributed by atoms with E-state index in [1.165, 1.54) is 9.91 Å². The first kappa shape index (κ1) is 20.1. The van der Waals surface area contributed by atoms with Crippen LogP contribution in [0.25, 0.3) is 0 Å². The van der Waals surface area contributed by atoms with Gasteiger partial charge in [0.05, 0.1) is 10.6 Å². The summed E-state index contributed by atoms with van der Waals surface area (Å²) in [5.41, 5.74) is 1.56. The molecule has 0 saturated carbocycles. The van der Waals surface area contributed by atoms with Crippen LogP contribution in [0.15, 0.2) is 40.9 Å². The summed E-state index contributed by atoms with van der Waals surface area (Å²) in [7, 11) is 3.58. The van der Waals surface area contributed by atoms with Crippen LogP contribution in [0.3, 0.4) is 0 Å². The Labute approximate surface area is 169 Å². The second-order valence-corrected chi connectivity index (χ2v) is 9.01. The lowest BCUT2D eigenvalue weighted by molar-refractivity contribution is -0.133. The molecule has 3 heterocycles.